The van der Waals surface area contributed by atoms with Gasteiger partial charge in [0.25, 0.3) is 0 Å². The standard InChI is InChI=1S/C14H22BrN3O/c1-13(2,3)12-16-10(15)8-11(17-12)18-14(9-19)6-4-5-7-14/h8,19H,4-7,9H2,1-3H3,(H,16,17,18). The molecular formula is C14H22BrN3O. The Kier molecular flexibility index (Phi) is 4.16. The zero-order chi connectivity index (χ0) is 14.1. The first-order valence-electron chi connectivity index (χ1n) is 6.79. The maximum atomic E-state index is 9.66. The van der Waals surface area contributed by atoms with E-state index in [0.29, 0.717) is 0 Å². The third kappa shape index (κ3) is 3.45. The van der Waals surface area contributed by atoms with Gasteiger partial charge in [-0.15, -0.1) is 0 Å². The SMILES string of the molecule is CC(C)(C)c1nc(Br)cc(NC2(CO)CCCC2)n1. The predicted octanol–water partition coefficient (Wildman–Crippen LogP) is 3.25. The summed E-state index contributed by atoms with van der Waals surface area (Å²) in [6.45, 7) is 6.43. The smallest absolute Gasteiger partial charge is 0.137 e. The fourth-order valence-electron chi connectivity index (χ4n) is 2.46. The lowest BCUT2D eigenvalue weighted by atomic mass is 9.95. The second-order valence-corrected chi connectivity index (χ2v) is 7.23. The molecule has 1 aromatic rings. The second-order valence-electron chi connectivity index (χ2n) is 6.42. The lowest BCUT2D eigenvalue weighted by molar-refractivity contribution is 0.213. The molecule has 1 fully saturated rings. The number of rotatable bonds is 3. The number of nitrogens with one attached hydrogen (secondary N) is 1. The summed E-state index contributed by atoms with van der Waals surface area (Å²) in [5.74, 6) is 1.60. The molecule has 106 valence electrons. The number of nitrogens with zero attached hydrogens (tertiary/aromatic N) is 2. The molecule has 1 aliphatic rings. The molecule has 19 heavy (non-hydrogen) atoms. The number of hydrogen-bond acceptors (Lipinski definition) is 4. The van der Waals surface area contributed by atoms with Crippen molar-refractivity contribution in [1.29, 1.82) is 0 Å². The molecule has 5 heteroatoms. The minimum Gasteiger partial charge on any atom is -0.394 e. The quantitative estimate of drug-likeness (QED) is 0.836. The molecule has 1 heterocycles. The predicted molar refractivity (Wildman–Crippen MR) is 80.3 cm³/mol. The van der Waals surface area contributed by atoms with Gasteiger partial charge in [-0.2, -0.15) is 0 Å². The van der Waals surface area contributed by atoms with Crippen molar-refractivity contribution < 1.29 is 5.11 Å². The molecule has 1 aliphatic carbocycles. The molecule has 1 aromatic heterocycles. The Labute approximate surface area is 123 Å². The van der Waals surface area contributed by atoms with Gasteiger partial charge in [-0.1, -0.05) is 33.6 Å². The Bertz CT molecular complexity index is 450. The second kappa shape index (κ2) is 5.37. The summed E-state index contributed by atoms with van der Waals surface area (Å²) in [5, 5.41) is 13.1. The summed E-state index contributed by atoms with van der Waals surface area (Å²) in [5.41, 5.74) is -0.300. The molecule has 4 nitrogen and oxygen atoms in total. The van der Waals surface area contributed by atoms with E-state index in [1.54, 1.807) is 0 Å². The fraction of sp³-hybridized carbons (Fsp3) is 0.714. The van der Waals surface area contributed by atoms with Crippen LogP contribution in [0.3, 0.4) is 0 Å². The topological polar surface area (TPSA) is 58.0 Å². The van der Waals surface area contributed by atoms with E-state index >= 15 is 0 Å². The maximum Gasteiger partial charge on any atom is 0.137 e. The average Bonchev–Trinajstić information content (AvgIpc) is 2.76. The average molecular weight is 328 g/mol. The van der Waals surface area contributed by atoms with Gasteiger partial charge in [0.2, 0.25) is 0 Å². The minimum atomic E-state index is -0.205. The van der Waals surface area contributed by atoms with Gasteiger partial charge in [-0.05, 0) is 28.8 Å². The number of aliphatic hydroxyl groups is 1. The van der Waals surface area contributed by atoms with Crippen LogP contribution in [-0.4, -0.2) is 27.2 Å². The van der Waals surface area contributed by atoms with Gasteiger partial charge in [0.1, 0.15) is 16.2 Å². The largest absolute Gasteiger partial charge is 0.394 e. The monoisotopic (exact) mass is 327 g/mol. The Balaban J connectivity index is 2.27. The van der Waals surface area contributed by atoms with Crippen molar-refractivity contribution in [2.75, 3.05) is 11.9 Å². The highest BCUT2D eigenvalue weighted by molar-refractivity contribution is 9.10. The van der Waals surface area contributed by atoms with E-state index in [-0.39, 0.29) is 17.6 Å². The zero-order valence-corrected chi connectivity index (χ0v) is 13.4. The van der Waals surface area contributed by atoms with Crippen molar-refractivity contribution in [2.24, 2.45) is 0 Å². The molecule has 0 atom stereocenters. The third-order valence-electron chi connectivity index (χ3n) is 3.62. The van der Waals surface area contributed by atoms with E-state index in [1.807, 2.05) is 6.07 Å². The van der Waals surface area contributed by atoms with Gasteiger partial charge >= 0.3 is 0 Å². The van der Waals surface area contributed by atoms with Crippen molar-refractivity contribution in [3.8, 4) is 0 Å². The molecule has 0 bridgehead atoms. The highest BCUT2D eigenvalue weighted by Crippen LogP contribution is 2.33. The summed E-state index contributed by atoms with van der Waals surface area (Å²) < 4.78 is 0.779. The highest BCUT2D eigenvalue weighted by Gasteiger charge is 2.33. The molecule has 0 amide bonds. The van der Waals surface area contributed by atoms with Crippen LogP contribution in [0.25, 0.3) is 0 Å². The van der Waals surface area contributed by atoms with E-state index in [0.717, 1.165) is 41.9 Å². The first kappa shape index (κ1) is 14.7. The first-order chi connectivity index (χ1) is 8.85. The van der Waals surface area contributed by atoms with Crippen molar-refractivity contribution in [3.05, 3.63) is 16.5 Å². The Morgan fingerprint density at radius 2 is 1.95 bits per heavy atom. The van der Waals surface area contributed by atoms with Gasteiger partial charge in [-0.3, -0.25) is 0 Å². The molecule has 0 spiro atoms. The van der Waals surface area contributed by atoms with Crippen molar-refractivity contribution >= 4 is 21.7 Å². The number of halogens is 1. The maximum absolute atomic E-state index is 9.66. The minimum absolute atomic E-state index is 0.0950. The van der Waals surface area contributed by atoms with Crippen molar-refractivity contribution in [3.63, 3.8) is 0 Å². The van der Waals surface area contributed by atoms with Crippen LogP contribution in [0.1, 0.15) is 52.3 Å². The normalized spacial score (nSPS) is 18.6. The molecular weight excluding hydrogens is 306 g/mol. The number of hydrogen-bond donors (Lipinski definition) is 2. The lowest BCUT2D eigenvalue weighted by Crippen LogP contribution is -2.39. The summed E-state index contributed by atoms with van der Waals surface area (Å²) in [6, 6.07) is 1.88. The molecule has 0 unspecified atom stereocenters. The van der Waals surface area contributed by atoms with Crippen molar-refractivity contribution in [2.45, 2.75) is 57.4 Å². The van der Waals surface area contributed by atoms with E-state index in [9.17, 15) is 5.11 Å². The van der Waals surface area contributed by atoms with Gasteiger partial charge in [-0.25, -0.2) is 9.97 Å². The third-order valence-corrected chi connectivity index (χ3v) is 4.03. The molecule has 0 radical (unpaired) electrons. The van der Waals surface area contributed by atoms with E-state index in [4.69, 9.17) is 0 Å². The van der Waals surface area contributed by atoms with Crippen LogP contribution >= 0.6 is 15.9 Å². The number of aliphatic hydroxyl groups excluding tert-OH is 1. The van der Waals surface area contributed by atoms with Gasteiger partial charge < -0.3 is 10.4 Å². The fourth-order valence-corrected chi connectivity index (χ4v) is 2.85. The molecule has 2 rings (SSSR count). The van der Waals surface area contributed by atoms with Crippen LogP contribution in [0.2, 0.25) is 0 Å². The van der Waals surface area contributed by atoms with Gasteiger partial charge in [0.15, 0.2) is 0 Å². The molecule has 1 saturated carbocycles. The first-order valence-corrected chi connectivity index (χ1v) is 7.58. The molecule has 0 aromatic carbocycles. The van der Waals surface area contributed by atoms with Crippen LogP contribution in [0, 0.1) is 0 Å². The van der Waals surface area contributed by atoms with E-state index in [1.165, 1.54) is 0 Å². The summed E-state index contributed by atoms with van der Waals surface area (Å²) >= 11 is 3.44. The summed E-state index contributed by atoms with van der Waals surface area (Å²) in [6.07, 6.45) is 4.31. The van der Waals surface area contributed by atoms with Gasteiger partial charge in [0, 0.05) is 11.5 Å². The van der Waals surface area contributed by atoms with Gasteiger partial charge in [0.05, 0.1) is 12.1 Å². The lowest BCUT2D eigenvalue weighted by Gasteiger charge is -2.29. The Morgan fingerprint density at radius 1 is 1.32 bits per heavy atom. The molecule has 0 aliphatic heterocycles. The summed E-state index contributed by atoms with van der Waals surface area (Å²) in [7, 11) is 0. The van der Waals surface area contributed by atoms with Crippen LogP contribution in [0.4, 0.5) is 5.82 Å². The zero-order valence-electron chi connectivity index (χ0n) is 11.8. The van der Waals surface area contributed by atoms with Crippen molar-refractivity contribution in [1.82, 2.24) is 9.97 Å². The summed E-state index contributed by atoms with van der Waals surface area (Å²) in [4.78, 5) is 9.03. The number of anilines is 1. The van der Waals surface area contributed by atoms with Crippen LogP contribution in [-0.2, 0) is 5.41 Å². The molecule has 0 saturated heterocycles. The molecule has 2 N–H and O–H groups in total. The Morgan fingerprint density at radius 3 is 2.47 bits per heavy atom. The van der Waals surface area contributed by atoms with Crippen LogP contribution in [0.15, 0.2) is 10.7 Å². The Hall–Kier alpha value is -0.680. The number of aromatic nitrogens is 2. The van der Waals surface area contributed by atoms with E-state index < -0.39 is 0 Å². The van der Waals surface area contributed by atoms with Crippen LogP contribution < -0.4 is 5.32 Å². The van der Waals surface area contributed by atoms with E-state index in [2.05, 4.69) is 52.0 Å². The highest BCUT2D eigenvalue weighted by atomic mass is 79.9. The van der Waals surface area contributed by atoms with Crippen LogP contribution in [0.5, 0.6) is 0 Å².